The molecule has 1 aliphatic carbocycles. The van der Waals surface area contributed by atoms with Gasteiger partial charge in [-0.3, -0.25) is 0 Å². The zero-order valence-corrected chi connectivity index (χ0v) is 18.1. The molecular weight excluding hydrogens is 425 g/mol. The van der Waals surface area contributed by atoms with Crippen molar-refractivity contribution in [2.45, 2.75) is 76.4 Å². The van der Waals surface area contributed by atoms with E-state index < -0.39 is 36.2 Å². The molecule has 5 nitrogen and oxygen atoms in total. The third-order valence-corrected chi connectivity index (χ3v) is 6.70. The largest absolute Gasteiger partial charge is 0.490 e. The van der Waals surface area contributed by atoms with Crippen molar-refractivity contribution in [3.63, 3.8) is 0 Å². The highest BCUT2D eigenvalue weighted by Crippen LogP contribution is 2.42. The van der Waals surface area contributed by atoms with Crippen LogP contribution < -0.4 is 4.74 Å². The number of carbonyl (C=O) groups is 1. The van der Waals surface area contributed by atoms with Crippen LogP contribution in [0, 0.1) is 17.8 Å². The first-order chi connectivity index (χ1) is 15.1. The number of ether oxygens (including phenoxy) is 1. The van der Waals surface area contributed by atoms with Gasteiger partial charge in [-0.2, -0.15) is 13.2 Å². The smallest absolute Gasteiger partial charge is 0.394 e. The van der Waals surface area contributed by atoms with Gasteiger partial charge in [0.05, 0.1) is 23.7 Å². The summed E-state index contributed by atoms with van der Waals surface area (Å²) >= 11 is 0. The maximum atomic E-state index is 13.4. The van der Waals surface area contributed by atoms with Gasteiger partial charge >= 0.3 is 12.1 Å². The fourth-order valence-electron chi connectivity index (χ4n) is 4.91. The topological polar surface area (TPSA) is 87.0 Å². The summed E-state index contributed by atoms with van der Waals surface area (Å²) in [4.78, 5) is 11.3. The molecule has 0 saturated heterocycles. The number of alkyl halides is 3. The number of rotatable bonds is 7. The number of hydrogen-bond acceptors (Lipinski definition) is 4. The van der Waals surface area contributed by atoms with E-state index in [-0.39, 0.29) is 24.0 Å². The zero-order chi connectivity index (χ0) is 23.5. The van der Waals surface area contributed by atoms with E-state index in [1.165, 1.54) is 24.3 Å². The summed E-state index contributed by atoms with van der Waals surface area (Å²) in [6, 6.07) is 4.77. The van der Waals surface area contributed by atoms with Crippen molar-refractivity contribution in [3.8, 4) is 5.75 Å². The van der Waals surface area contributed by atoms with Crippen molar-refractivity contribution in [1.82, 2.24) is 0 Å². The Morgan fingerprint density at radius 3 is 2.75 bits per heavy atom. The van der Waals surface area contributed by atoms with Crippen LogP contribution >= 0.6 is 0 Å². The molecule has 6 atom stereocenters. The molecule has 1 heterocycles. The van der Waals surface area contributed by atoms with Gasteiger partial charge in [-0.25, -0.2) is 4.79 Å². The summed E-state index contributed by atoms with van der Waals surface area (Å²) in [6.07, 6.45) is -1.33. The van der Waals surface area contributed by atoms with Crippen molar-refractivity contribution in [1.29, 1.82) is 0 Å². The molecule has 32 heavy (non-hydrogen) atoms. The summed E-state index contributed by atoms with van der Waals surface area (Å²) in [6.45, 7) is 1.80. The summed E-state index contributed by atoms with van der Waals surface area (Å²) < 4.78 is 46.2. The zero-order valence-electron chi connectivity index (χ0n) is 18.1. The number of halogens is 3. The molecule has 0 bridgehead atoms. The van der Waals surface area contributed by atoms with Crippen LogP contribution in [0.5, 0.6) is 5.75 Å². The summed E-state index contributed by atoms with van der Waals surface area (Å²) in [5, 5.41) is 30.1. The number of benzene rings is 1. The standard InChI is InChI=1S/C24H31F3O5/c1-2-3-7-18(24(25,26)27)19(28)11-10-16-17-6-4-5-14-8-9-15(23(30)31)12-21(14)32-22(17)13-20(16)29/h8-12,16-20,22,28-29H,2-7,13H2,1H3,(H,30,31)/b11-10+/t16-,17-,18?,19?,20-,22+/m1/s1. The lowest BCUT2D eigenvalue weighted by Gasteiger charge is -2.28. The number of aromatic carboxylic acids is 1. The quantitative estimate of drug-likeness (QED) is 0.516. The van der Waals surface area contributed by atoms with Gasteiger partial charge in [-0.05, 0) is 43.4 Å². The normalized spacial score (nSPS) is 27.7. The molecule has 0 aromatic heterocycles. The molecule has 8 heteroatoms. The Kier molecular flexibility index (Phi) is 7.88. The van der Waals surface area contributed by atoms with Crippen LogP contribution in [0.4, 0.5) is 13.2 Å². The second-order valence-electron chi connectivity index (χ2n) is 8.89. The first-order valence-corrected chi connectivity index (χ1v) is 11.3. The number of aryl methyl sites for hydroxylation is 1. The Balaban J connectivity index is 1.76. The minimum Gasteiger partial charge on any atom is -0.490 e. The lowest BCUT2D eigenvalue weighted by atomic mass is 9.86. The lowest BCUT2D eigenvalue weighted by Crippen LogP contribution is -2.33. The second kappa shape index (κ2) is 10.3. The van der Waals surface area contributed by atoms with E-state index in [9.17, 15) is 33.3 Å². The SMILES string of the molecule is CCCCC(C(O)/C=C/[C@@H]1[C@H]2CCCc3ccc(C(=O)O)cc3O[C@H]2C[C@H]1O)C(F)(F)F. The number of aliphatic hydroxyl groups is 2. The van der Waals surface area contributed by atoms with Crippen LogP contribution in [0.2, 0.25) is 0 Å². The predicted octanol–water partition coefficient (Wildman–Crippen LogP) is 4.75. The average Bonchev–Trinajstić information content (AvgIpc) is 2.98. The monoisotopic (exact) mass is 456 g/mol. The highest BCUT2D eigenvalue weighted by atomic mass is 19.4. The Morgan fingerprint density at radius 2 is 2.09 bits per heavy atom. The fraction of sp³-hybridized carbons (Fsp3) is 0.625. The fourth-order valence-corrected chi connectivity index (χ4v) is 4.91. The number of carboxylic acids is 1. The second-order valence-corrected chi connectivity index (χ2v) is 8.89. The van der Waals surface area contributed by atoms with Crippen LogP contribution in [0.25, 0.3) is 0 Å². The summed E-state index contributed by atoms with van der Waals surface area (Å²) in [7, 11) is 0. The molecule has 1 aromatic carbocycles. The lowest BCUT2D eigenvalue weighted by molar-refractivity contribution is -0.195. The summed E-state index contributed by atoms with van der Waals surface area (Å²) in [5.74, 6) is -2.97. The average molecular weight is 457 g/mol. The maximum absolute atomic E-state index is 13.4. The molecule has 1 saturated carbocycles. The highest BCUT2D eigenvalue weighted by Gasteiger charge is 2.45. The molecule has 1 aromatic rings. The van der Waals surface area contributed by atoms with Gasteiger partial charge in [0.25, 0.3) is 0 Å². The van der Waals surface area contributed by atoms with Gasteiger partial charge in [0.1, 0.15) is 11.9 Å². The third kappa shape index (κ3) is 5.64. The van der Waals surface area contributed by atoms with E-state index in [0.717, 1.165) is 12.0 Å². The molecule has 1 fully saturated rings. The number of aliphatic hydroxyl groups excluding tert-OH is 2. The Bertz CT molecular complexity index is 822. The molecule has 0 radical (unpaired) electrons. The van der Waals surface area contributed by atoms with Crippen molar-refractivity contribution in [3.05, 3.63) is 41.5 Å². The number of carboxylic acid groups (broad SMARTS) is 1. The van der Waals surface area contributed by atoms with Crippen molar-refractivity contribution in [2.24, 2.45) is 17.8 Å². The van der Waals surface area contributed by atoms with E-state index >= 15 is 0 Å². The maximum Gasteiger partial charge on any atom is 0.394 e. The van der Waals surface area contributed by atoms with Gasteiger partial charge in [-0.15, -0.1) is 0 Å². The van der Waals surface area contributed by atoms with Gasteiger partial charge in [0.15, 0.2) is 0 Å². The van der Waals surface area contributed by atoms with Crippen molar-refractivity contribution >= 4 is 5.97 Å². The molecule has 3 rings (SSSR count). The van der Waals surface area contributed by atoms with E-state index in [4.69, 9.17) is 4.74 Å². The van der Waals surface area contributed by atoms with E-state index in [0.29, 0.717) is 37.9 Å². The highest BCUT2D eigenvalue weighted by molar-refractivity contribution is 5.88. The van der Waals surface area contributed by atoms with E-state index in [2.05, 4.69) is 0 Å². The van der Waals surface area contributed by atoms with Crippen LogP contribution in [0.3, 0.4) is 0 Å². The summed E-state index contributed by atoms with van der Waals surface area (Å²) in [5.41, 5.74) is 1.02. The van der Waals surface area contributed by atoms with Crippen molar-refractivity contribution < 1.29 is 38.0 Å². The van der Waals surface area contributed by atoms with Gasteiger partial charge < -0.3 is 20.1 Å². The van der Waals surface area contributed by atoms with Crippen LogP contribution in [0.15, 0.2) is 30.4 Å². The molecule has 0 spiro atoms. The first-order valence-electron chi connectivity index (χ1n) is 11.3. The molecular formula is C24H31F3O5. The predicted molar refractivity (Wildman–Crippen MR) is 113 cm³/mol. The number of fused-ring (bicyclic) bond motifs is 2. The Morgan fingerprint density at radius 1 is 1.34 bits per heavy atom. The van der Waals surface area contributed by atoms with Gasteiger partial charge in [0, 0.05) is 18.3 Å². The van der Waals surface area contributed by atoms with Crippen LogP contribution in [0.1, 0.15) is 61.4 Å². The van der Waals surface area contributed by atoms with Gasteiger partial charge in [0.2, 0.25) is 0 Å². The molecule has 1 aliphatic heterocycles. The molecule has 0 amide bonds. The molecule has 3 N–H and O–H groups in total. The first kappa shape index (κ1) is 24.6. The van der Waals surface area contributed by atoms with E-state index in [1.54, 1.807) is 13.0 Å². The Labute approximate surface area is 185 Å². The minimum atomic E-state index is -4.50. The van der Waals surface area contributed by atoms with Crippen molar-refractivity contribution in [2.75, 3.05) is 0 Å². The Hall–Kier alpha value is -2.06. The van der Waals surface area contributed by atoms with Crippen LogP contribution in [-0.2, 0) is 6.42 Å². The third-order valence-electron chi connectivity index (χ3n) is 6.70. The minimum absolute atomic E-state index is 0.115. The number of unbranched alkanes of at least 4 members (excludes halogenated alkanes) is 1. The molecule has 2 unspecified atom stereocenters. The molecule has 178 valence electrons. The number of hydrogen-bond donors (Lipinski definition) is 3. The van der Waals surface area contributed by atoms with Crippen LogP contribution in [-0.4, -0.2) is 45.8 Å². The van der Waals surface area contributed by atoms with E-state index in [1.807, 2.05) is 0 Å². The molecule has 2 aliphatic rings. The van der Waals surface area contributed by atoms with Gasteiger partial charge in [-0.1, -0.05) is 38.0 Å².